The maximum Gasteiger partial charge on any atom is 0.101 e. The van der Waals surface area contributed by atoms with Crippen LogP contribution in [-0.4, -0.2) is 29.1 Å². The topological polar surface area (TPSA) is 6.48 Å². The van der Waals surface area contributed by atoms with Gasteiger partial charge in [0, 0.05) is 25.5 Å². The summed E-state index contributed by atoms with van der Waals surface area (Å²) in [4.78, 5) is 5.16. The van der Waals surface area contributed by atoms with Crippen molar-refractivity contribution in [3.63, 3.8) is 0 Å². The second-order valence-electron chi connectivity index (χ2n) is 7.88. The second-order valence-corrected chi connectivity index (χ2v) is 7.88. The Morgan fingerprint density at radius 2 is 1.04 bits per heavy atom. The second kappa shape index (κ2) is 15.6. The minimum absolute atomic E-state index is 0.640. The molecule has 148 valence electrons. The van der Waals surface area contributed by atoms with Crippen LogP contribution in [0.2, 0.25) is 0 Å². The molecular formula is C23H46N2. The number of unbranched alkanes of at least 4 members (excludes halogenated alkanes) is 12. The van der Waals surface area contributed by atoms with E-state index in [-0.39, 0.29) is 0 Å². The molecule has 0 aliphatic carbocycles. The SMILES string of the molecule is CCCCCCCCCCC1N(CC)C=CN1CCCCCCCC. The molecule has 1 aliphatic heterocycles. The van der Waals surface area contributed by atoms with Crippen molar-refractivity contribution in [3.05, 3.63) is 12.4 Å². The van der Waals surface area contributed by atoms with E-state index in [1.165, 1.54) is 103 Å². The van der Waals surface area contributed by atoms with Crippen molar-refractivity contribution in [1.82, 2.24) is 9.80 Å². The van der Waals surface area contributed by atoms with Crippen LogP contribution in [0.15, 0.2) is 12.4 Å². The van der Waals surface area contributed by atoms with Gasteiger partial charge < -0.3 is 9.80 Å². The fourth-order valence-electron chi connectivity index (χ4n) is 3.97. The maximum atomic E-state index is 2.62. The largest absolute Gasteiger partial charge is 0.356 e. The maximum absolute atomic E-state index is 2.62. The molecule has 1 unspecified atom stereocenters. The van der Waals surface area contributed by atoms with E-state index in [0.717, 1.165) is 6.54 Å². The first-order valence-corrected chi connectivity index (χ1v) is 11.5. The van der Waals surface area contributed by atoms with Crippen molar-refractivity contribution in [2.75, 3.05) is 13.1 Å². The third kappa shape index (κ3) is 10.2. The number of nitrogens with zero attached hydrogens (tertiary/aromatic N) is 2. The van der Waals surface area contributed by atoms with Gasteiger partial charge in [0.15, 0.2) is 0 Å². The highest BCUT2D eigenvalue weighted by atomic mass is 15.4. The molecule has 1 heterocycles. The van der Waals surface area contributed by atoms with Gasteiger partial charge in [-0.2, -0.15) is 0 Å². The van der Waals surface area contributed by atoms with Crippen LogP contribution < -0.4 is 0 Å². The zero-order valence-corrected chi connectivity index (χ0v) is 17.6. The fourth-order valence-corrected chi connectivity index (χ4v) is 3.97. The van der Waals surface area contributed by atoms with Gasteiger partial charge in [0.25, 0.3) is 0 Å². The molecule has 0 radical (unpaired) electrons. The van der Waals surface area contributed by atoms with Crippen molar-refractivity contribution in [2.24, 2.45) is 0 Å². The van der Waals surface area contributed by atoms with Crippen LogP contribution in [0.3, 0.4) is 0 Å². The first-order chi connectivity index (χ1) is 12.3. The lowest BCUT2D eigenvalue weighted by atomic mass is 10.1. The van der Waals surface area contributed by atoms with E-state index in [1.54, 1.807) is 0 Å². The van der Waals surface area contributed by atoms with Crippen LogP contribution in [0.4, 0.5) is 0 Å². The van der Waals surface area contributed by atoms with Gasteiger partial charge in [0.2, 0.25) is 0 Å². The molecule has 25 heavy (non-hydrogen) atoms. The van der Waals surface area contributed by atoms with Crippen molar-refractivity contribution >= 4 is 0 Å². The van der Waals surface area contributed by atoms with Gasteiger partial charge in [0.05, 0.1) is 0 Å². The van der Waals surface area contributed by atoms with E-state index in [9.17, 15) is 0 Å². The van der Waals surface area contributed by atoms with Gasteiger partial charge in [-0.05, 0) is 26.2 Å². The quantitative estimate of drug-likeness (QED) is 0.254. The molecule has 1 aliphatic rings. The van der Waals surface area contributed by atoms with Gasteiger partial charge in [-0.15, -0.1) is 0 Å². The zero-order chi connectivity index (χ0) is 18.2. The summed E-state index contributed by atoms with van der Waals surface area (Å²) in [6, 6.07) is 0. The van der Waals surface area contributed by atoms with Crippen LogP contribution in [0.5, 0.6) is 0 Å². The average Bonchev–Trinajstić information content (AvgIpc) is 3.02. The van der Waals surface area contributed by atoms with Crippen LogP contribution in [0.1, 0.15) is 117 Å². The molecule has 0 fully saturated rings. The monoisotopic (exact) mass is 350 g/mol. The predicted octanol–water partition coefficient (Wildman–Crippen LogP) is 7.31. The molecule has 0 bridgehead atoms. The summed E-state index contributed by atoms with van der Waals surface area (Å²) in [6.07, 6.45) is 26.4. The molecule has 0 saturated heterocycles. The van der Waals surface area contributed by atoms with E-state index in [2.05, 4.69) is 43.0 Å². The van der Waals surface area contributed by atoms with Crippen LogP contribution >= 0.6 is 0 Å². The van der Waals surface area contributed by atoms with Crippen molar-refractivity contribution in [1.29, 1.82) is 0 Å². The third-order valence-electron chi connectivity index (χ3n) is 5.67. The molecule has 0 aromatic carbocycles. The van der Waals surface area contributed by atoms with E-state index in [4.69, 9.17) is 0 Å². The lowest BCUT2D eigenvalue weighted by Crippen LogP contribution is -2.38. The molecule has 0 spiro atoms. The van der Waals surface area contributed by atoms with Gasteiger partial charge >= 0.3 is 0 Å². The zero-order valence-electron chi connectivity index (χ0n) is 17.6. The number of rotatable bonds is 17. The molecule has 1 atom stereocenters. The van der Waals surface area contributed by atoms with Gasteiger partial charge in [-0.1, -0.05) is 90.9 Å². The van der Waals surface area contributed by atoms with E-state index in [0.29, 0.717) is 6.17 Å². The van der Waals surface area contributed by atoms with Gasteiger partial charge in [-0.3, -0.25) is 0 Å². The Morgan fingerprint density at radius 1 is 0.560 bits per heavy atom. The Morgan fingerprint density at radius 3 is 1.60 bits per heavy atom. The van der Waals surface area contributed by atoms with E-state index in [1.807, 2.05) is 0 Å². The molecule has 0 aromatic heterocycles. The molecule has 0 saturated carbocycles. The Kier molecular flexibility index (Phi) is 14.0. The molecule has 2 nitrogen and oxygen atoms in total. The Bertz CT molecular complexity index is 313. The highest BCUT2D eigenvalue weighted by Gasteiger charge is 2.23. The lowest BCUT2D eigenvalue weighted by Gasteiger charge is -2.32. The van der Waals surface area contributed by atoms with E-state index < -0.39 is 0 Å². The predicted molar refractivity (Wildman–Crippen MR) is 113 cm³/mol. The van der Waals surface area contributed by atoms with Crippen molar-refractivity contribution < 1.29 is 0 Å². The summed E-state index contributed by atoms with van der Waals surface area (Å²) >= 11 is 0. The van der Waals surface area contributed by atoms with Gasteiger partial charge in [0.1, 0.15) is 6.17 Å². The van der Waals surface area contributed by atoms with Crippen LogP contribution in [0.25, 0.3) is 0 Å². The molecule has 2 heteroatoms. The minimum Gasteiger partial charge on any atom is -0.356 e. The average molecular weight is 351 g/mol. The molecule has 0 amide bonds. The Labute approximate surface area is 159 Å². The highest BCUT2D eigenvalue weighted by Crippen LogP contribution is 2.22. The van der Waals surface area contributed by atoms with Crippen molar-refractivity contribution in [3.8, 4) is 0 Å². The van der Waals surface area contributed by atoms with Crippen LogP contribution in [0, 0.1) is 0 Å². The molecule has 0 N–H and O–H groups in total. The third-order valence-corrected chi connectivity index (χ3v) is 5.67. The fraction of sp³-hybridized carbons (Fsp3) is 0.913. The standard InChI is InChI=1S/C23H46N2/c1-4-7-9-11-13-14-15-17-19-23-24(6-3)21-22-25(23)20-18-16-12-10-8-5-2/h21-23H,4-20H2,1-3H3. The smallest absolute Gasteiger partial charge is 0.101 e. The van der Waals surface area contributed by atoms with Crippen molar-refractivity contribution in [2.45, 2.75) is 123 Å². The first kappa shape index (κ1) is 22.4. The Balaban J connectivity index is 2.13. The summed E-state index contributed by atoms with van der Waals surface area (Å²) in [7, 11) is 0. The summed E-state index contributed by atoms with van der Waals surface area (Å²) in [5.41, 5.74) is 0. The summed E-state index contributed by atoms with van der Waals surface area (Å²) in [5, 5.41) is 0. The normalized spacial score (nSPS) is 17.0. The van der Waals surface area contributed by atoms with Gasteiger partial charge in [-0.25, -0.2) is 0 Å². The molecule has 0 aromatic rings. The first-order valence-electron chi connectivity index (χ1n) is 11.5. The lowest BCUT2D eigenvalue weighted by molar-refractivity contribution is 0.142. The summed E-state index contributed by atoms with van der Waals surface area (Å²) < 4.78 is 0. The minimum atomic E-state index is 0.640. The molecular weight excluding hydrogens is 304 g/mol. The van der Waals surface area contributed by atoms with E-state index >= 15 is 0 Å². The van der Waals surface area contributed by atoms with Crippen LogP contribution in [-0.2, 0) is 0 Å². The summed E-state index contributed by atoms with van der Waals surface area (Å²) in [5.74, 6) is 0. The number of hydrogen-bond acceptors (Lipinski definition) is 2. The highest BCUT2D eigenvalue weighted by molar-refractivity contribution is 4.96. The summed E-state index contributed by atoms with van der Waals surface area (Å²) in [6.45, 7) is 9.28. The number of hydrogen-bond donors (Lipinski definition) is 0. The Hall–Kier alpha value is -0.660. The molecule has 1 rings (SSSR count).